The number of hydrogen-bond donors (Lipinski definition) is 1. The van der Waals surface area contributed by atoms with Gasteiger partial charge in [-0.05, 0) is 31.0 Å². The monoisotopic (exact) mass is 429 g/mol. The molecule has 6 nitrogen and oxygen atoms in total. The molecule has 0 aliphatic carbocycles. The summed E-state index contributed by atoms with van der Waals surface area (Å²) in [4.78, 5) is 11.5. The molecule has 1 atom stereocenters. The molecule has 0 aliphatic heterocycles. The Bertz CT molecular complexity index is 960. The van der Waals surface area contributed by atoms with Gasteiger partial charge in [-0.1, -0.05) is 59.9 Å². The third kappa shape index (κ3) is 8.78. The van der Waals surface area contributed by atoms with Crippen LogP contribution in [0.25, 0.3) is 0 Å². The van der Waals surface area contributed by atoms with Crippen molar-refractivity contribution in [2.45, 2.75) is 37.7 Å². The van der Waals surface area contributed by atoms with Crippen LogP contribution in [0.4, 0.5) is 0 Å². The third-order valence-corrected chi connectivity index (χ3v) is 5.57. The lowest BCUT2D eigenvalue weighted by atomic mass is 10.1. The predicted octanol–water partition coefficient (Wildman–Crippen LogP) is 2.86. The second kappa shape index (κ2) is 12.1. The Labute approximate surface area is 178 Å². The molecule has 2 aromatic rings. The molecule has 0 saturated heterocycles. The molecule has 0 aliphatic rings. The van der Waals surface area contributed by atoms with Gasteiger partial charge < -0.3 is 9.47 Å². The molecule has 2 aromatic carbocycles. The minimum absolute atomic E-state index is 0.0736. The maximum Gasteiger partial charge on any atom is 0.303 e. The van der Waals surface area contributed by atoms with Crippen molar-refractivity contribution >= 4 is 16.0 Å². The lowest BCUT2D eigenvalue weighted by Crippen LogP contribution is -2.29. The van der Waals surface area contributed by atoms with E-state index >= 15 is 0 Å². The highest BCUT2D eigenvalue weighted by Gasteiger charge is 2.13. The molecule has 2 rings (SSSR count). The van der Waals surface area contributed by atoms with Gasteiger partial charge in [0.15, 0.2) is 6.10 Å². The van der Waals surface area contributed by atoms with E-state index in [0.29, 0.717) is 6.42 Å². The molecular formula is C23H27NO5S. The first-order valence-electron chi connectivity index (χ1n) is 9.70. The van der Waals surface area contributed by atoms with Crippen molar-refractivity contribution in [1.82, 2.24) is 4.72 Å². The van der Waals surface area contributed by atoms with Crippen molar-refractivity contribution in [3.05, 3.63) is 65.7 Å². The molecular weight excluding hydrogens is 402 g/mol. The Balaban J connectivity index is 1.75. The number of ether oxygens (including phenoxy) is 2. The van der Waals surface area contributed by atoms with Crippen LogP contribution in [0.5, 0.6) is 0 Å². The van der Waals surface area contributed by atoms with E-state index < -0.39 is 22.1 Å². The van der Waals surface area contributed by atoms with Crippen molar-refractivity contribution in [2.24, 2.45) is 0 Å². The summed E-state index contributed by atoms with van der Waals surface area (Å²) in [5.41, 5.74) is 2.17. The first kappa shape index (κ1) is 23.6. The van der Waals surface area contributed by atoms with E-state index in [1.54, 1.807) is 24.3 Å². The van der Waals surface area contributed by atoms with E-state index in [9.17, 15) is 13.2 Å². The van der Waals surface area contributed by atoms with Crippen LogP contribution in [-0.2, 0) is 30.7 Å². The summed E-state index contributed by atoms with van der Waals surface area (Å²) in [5.74, 6) is 5.47. The Hall–Kier alpha value is -2.66. The molecule has 160 valence electrons. The van der Waals surface area contributed by atoms with Crippen LogP contribution >= 0.6 is 0 Å². The molecule has 0 radical (unpaired) electrons. The fourth-order valence-electron chi connectivity index (χ4n) is 2.58. The van der Waals surface area contributed by atoms with Gasteiger partial charge in [-0.15, -0.1) is 0 Å². The van der Waals surface area contributed by atoms with Gasteiger partial charge in [0.05, 0.1) is 18.1 Å². The number of hydrogen-bond acceptors (Lipinski definition) is 5. The van der Waals surface area contributed by atoms with Gasteiger partial charge in [0, 0.05) is 19.9 Å². The Kier molecular flexibility index (Phi) is 9.55. The van der Waals surface area contributed by atoms with E-state index in [1.165, 1.54) is 12.5 Å². The Morgan fingerprint density at radius 1 is 1.10 bits per heavy atom. The zero-order valence-electron chi connectivity index (χ0n) is 17.3. The average molecular weight is 430 g/mol. The molecule has 0 heterocycles. The van der Waals surface area contributed by atoms with E-state index in [0.717, 1.165) is 12.0 Å². The maximum absolute atomic E-state index is 12.2. The van der Waals surface area contributed by atoms with Crippen LogP contribution < -0.4 is 4.72 Å². The Morgan fingerprint density at radius 3 is 2.47 bits per heavy atom. The highest BCUT2D eigenvalue weighted by atomic mass is 32.2. The van der Waals surface area contributed by atoms with Gasteiger partial charge >= 0.3 is 5.97 Å². The summed E-state index contributed by atoms with van der Waals surface area (Å²) >= 11 is 0. The molecule has 0 aromatic heterocycles. The summed E-state index contributed by atoms with van der Waals surface area (Å²) in [5, 5.41) is 0. The van der Waals surface area contributed by atoms with Gasteiger partial charge in [0.2, 0.25) is 10.0 Å². The van der Waals surface area contributed by atoms with Crippen molar-refractivity contribution in [3.63, 3.8) is 0 Å². The minimum Gasteiger partial charge on any atom is -0.447 e. The quantitative estimate of drug-likeness (QED) is 0.357. The molecule has 1 N–H and O–H groups in total. The normalized spacial score (nSPS) is 11.9. The maximum atomic E-state index is 12.2. The van der Waals surface area contributed by atoms with Crippen LogP contribution in [0.15, 0.2) is 59.5 Å². The summed E-state index contributed by atoms with van der Waals surface area (Å²) in [6, 6.07) is 16.6. The van der Waals surface area contributed by atoms with Crippen molar-refractivity contribution in [1.29, 1.82) is 0 Å². The number of rotatable bonds is 10. The first-order chi connectivity index (χ1) is 14.4. The van der Waals surface area contributed by atoms with Crippen LogP contribution in [0.3, 0.4) is 0 Å². The fraction of sp³-hybridized carbons (Fsp3) is 0.348. The van der Waals surface area contributed by atoms with E-state index in [2.05, 4.69) is 16.6 Å². The number of benzene rings is 2. The van der Waals surface area contributed by atoms with Crippen molar-refractivity contribution in [2.75, 3.05) is 19.8 Å². The summed E-state index contributed by atoms with van der Waals surface area (Å²) in [7, 11) is -3.58. The van der Waals surface area contributed by atoms with Gasteiger partial charge in [-0.25, -0.2) is 13.1 Å². The molecule has 0 spiro atoms. The molecule has 0 fully saturated rings. The first-order valence-corrected chi connectivity index (χ1v) is 11.2. The summed E-state index contributed by atoms with van der Waals surface area (Å²) in [6.45, 7) is 3.51. The number of carbonyl (C=O) groups is 1. The number of sulfonamides is 1. The summed E-state index contributed by atoms with van der Waals surface area (Å²) in [6.07, 6.45) is 0.757. The number of nitrogens with one attached hydrogen (secondary N) is 1. The van der Waals surface area contributed by atoms with E-state index in [1.807, 2.05) is 37.3 Å². The molecule has 30 heavy (non-hydrogen) atoms. The predicted molar refractivity (Wildman–Crippen MR) is 115 cm³/mol. The molecule has 1 unspecified atom stereocenters. The van der Waals surface area contributed by atoms with Gasteiger partial charge in [-0.3, -0.25) is 4.79 Å². The number of carbonyl (C=O) groups excluding carboxylic acids is 1. The smallest absolute Gasteiger partial charge is 0.303 e. The molecule has 7 heteroatoms. The third-order valence-electron chi connectivity index (χ3n) is 4.09. The van der Waals surface area contributed by atoms with Crippen molar-refractivity contribution < 1.29 is 22.7 Å². The largest absolute Gasteiger partial charge is 0.447 e. The standard InChI is InChI=1S/C23H27NO5S/c1-19-12-14-23(15-13-19)30(26,27)24-16-17-28-18-22(29-20(2)25)11-7-6-10-21-8-4-3-5-9-21/h3-5,8-9,12-15,22,24H,6,10,16-18H2,1-2H3. The highest BCUT2D eigenvalue weighted by molar-refractivity contribution is 7.89. The van der Waals surface area contributed by atoms with Crippen LogP contribution in [0.1, 0.15) is 24.5 Å². The summed E-state index contributed by atoms with van der Waals surface area (Å²) < 4.78 is 37.5. The number of esters is 1. The highest BCUT2D eigenvalue weighted by Crippen LogP contribution is 2.09. The second-order valence-electron chi connectivity index (χ2n) is 6.69. The zero-order chi connectivity index (χ0) is 21.8. The minimum atomic E-state index is -3.58. The SMILES string of the molecule is CC(=O)OC(C#CCCc1ccccc1)COCCNS(=O)(=O)c1ccc(C)cc1. The Morgan fingerprint density at radius 2 is 1.80 bits per heavy atom. The molecule has 0 saturated carbocycles. The fourth-order valence-corrected chi connectivity index (χ4v) is 3.60. The molecule has 0 bridgehead atoms. The van der Waals surface area contributed by atoms with Crippen LogP contribution in [0.2, 0.25) is 0 Å². The van der Waals surface area contributed by atoms with E-state index in [-0.39, 0.29) is 24.7 Å². The molecule has 0 amide bonds. The van der Waals surface area contributed by atoms with Crippen molar-refractivity contribution in [3.8, 4) is 11.8 Å². The lowest BCUT2D eigenvalue weighted by Gasteiger charge is -2.12. The van der Waals surface area contributed by atoms with Gasteiger partial charge in [0.1, 0.15) is 0 Å². The van der Waals surface area contributed by atoms with Crippen LogP contribution in [-0.4, -0.2) is 40.2 Å². The zero-order valence-corrected chi connectivity index (χ0v) is 18.1. The number of aryl methyl sites for hydroxylation is 2. The lowest BCUT2D eigenvalue weighted by molar-refractivity contribution is -0.146. The van der Waals surface area contributed by atoms with E-state index in [4.69, 9.17) is 9.47 Å². The average Bonchev–Trinajstić information content (AvgIpc) is 2.71. The van der Waals surface area contributed by atoms with Crippen LogP contribution in [0, 0.1) is 18.8 Å². The van der Waals surface area contributed by atoms with Gasteiger partial charge in [0.25, 0.3) is 0 Å². The van der Waals surface area contributed by atoms with Gasteiger partial charge in [-0.2, -0.15) is 0 Å². The topological polar surface area (TPSA) is 81.7 Å². The second-order valence-corrected chi connectivity index (χ2v) is 8.46.